The third kappa shape index (κ3) is 4.06. The zero-order valence-electron chi connectivity index (χ0n) is 11.0. The van der Waals surface area contributed by atoms with E-state index < -0.39 is 11.8 Å². The third-order valence-electron chi connectivity index (χ3n) is 3.09. The van der Waals surface area contributed by atoms with Crippen molar-refractivity contribution >= 4 is 29.6 Å². The van der Waals surface area contributed by atoms with Crippen LogP contribution in [-0.2, 0) is 9.59 Å². The molecule has 1 fully saturated rings. The van der Waals surface area contributed by atoms with Gasteiger partial charge in [0, 0.05) is 18.1 Å². The first-order valence-electron chi connectivity index (χ1n) is 6.55. The Bertz CT molecular complexity index is 508. The normalized spacial score (nSPS) is 15.3. The summed E-state index contributed by atoms with van der Waals surface area (Å²) in [5.41, 5.74) is 3.04. The number of hydrogen-bond acceptors (Lipinski definition) is 3. The number of nitrogens with zero attached hydrogens (tertiary/aromatic N) is 2. The zero-order chi connectivity index (χ0) is 14.4. The molecule has 0 aromatic heterocycles. The van der Waals surface area contributed by atoms with Crippen LogP contribution in [0.25, 0.3) is 0 Å². The minimum Gasteiger partial charge on any atom is -0.334 e. The number of carbonyl (C=O) groups is 2. The molecular weight excluding hydrogens is 278 g/mol. The predicted octanol–water partition coefficient (Wildman–Crippen LogP) is 1.80. The molecule has 2 rings (SSSR count). The molecule has 1 N–H and O–H groups in total. The van der Waals surface area contributed by atoms with Crippen LogP contribution in [0, 0.1) is 0 Å². The van der Waals surface area contributed by atoms with Gasteiger partial charge in [0.05, 0.1) is 6.21 Å². The van der Waals surface area contributed by atoms with Crippen LogP contribution >= 0.6 is 11.6 Å². The molecule has 1 saturated heterocycles. The fourth-order valence-electron chi connectivity index (χ4n) is 2.00. The van der Waals surface area contributed by atoms with Crippen LogP contribution in [-0.4, -0.2) is 36.0 Å². The Morgan fingerprint density at radius 2 is 1.80 bits per heavy atom. The Morgan fingerprint density at radius 1 is 1.15 bits per heavy atom. The Labute approximate surface area is 122 Å². The van der Waals surface area contributed by atoms with Crippen molar-refractivity contribution in [1.82, 2.24) is 10.3 Å². The van der Waals surface area contributed by atoms with Gasteiger partial charge in [-0.05, 0) is 37.0 Å². The fourth-order valence-corrected chi connectivity index (χ4v) is 2.13. The van der Waals surface area contributed by atoms with E-state index in [1.165, 1.54) is 6.21 Å². The van der Waals surface area contributed by atoms with E-state index in [1.807, 2.05) is 0 Å². The maximum absolute atomic E-state index is 11.8. The van der Waals surface area contributed by atoms with Crippen molar-refractivity contribution in [3.8, 4) is 0 Å². The Balaban J connectivity index is 1.84. The van der Waals surface area contributed by atoms with Gasteiger partial charge < -0.3 is 4.90 Å². The van der Waals surface area contributed by atoms with Gasteiger partial charge in [0.2, 0.25) is 0 Å². The summed E-state index contributed by atoms with van der Waals surface area (Å²) in [6.45, 7) is 1.29. The molecule has 6 heteroatoms. The second kappa shape index (κ2) is 7.05. The van der Waals surface area contributed by atoms with E-state index in [2.05, 4.69) is 10.5 Å². The van der Waals surface area contributed by atoms with Crippen LogP contribution in [0.15, 0.2) is 29.4 Å². The van der Waals surface area contributed by atoms with E-state index in [0.717, 1.165) is 24.8 Å². The molecule has 5 nitrogen and oxygen atoms in total. The standard InChI is InChI=1S/C14H16ClN3O2/c15-12-6-4-11(5-7-12)10-16-17-13(19)14(20)18-8-2-1-3-9-18/h4-7,10H,1-3,8-9H2,(H,17,19)/b16-10-. The molecule has 2 amide bonds. The lowest BCUT2D eigenvalue weighted by atomic mass is 10.1. The Kier molecular flexibility index (Phi) is 5.12. The molecule has 1 aliphatic heterocycles. The van der Waals surface area contributed by atoms with Gasteiger partial charge in [-0.2, -0.15) is 5.10 Å². The van der Waals surface area contributed by atoms with Gasteiger partial charge in [0.15, 0.2) is 0 Å². The fraction of sp³-hybridized carbons (Fsp3) is 0.357. The lowest BCUT2D eigenvalue weighted by Crippen LogP contribution is -2.43. The number of benzene rings is 1. The molecular formula is C14H16ClN3O2. The number of amides is 2. The molecule has 20 heavy (non-hydrogen) atoms. The van der Waals surface area contributed by atoms with Crippen molar-refractivity contribution in [1.29, 1.82) is 0 Å². The van der Waals surface area contributed by atoms with E-state index in [-0.39, 0.29) is 0 Å². The Hall–Kier alpha value is -1.88. The monoisotopic (exact) mass is 293 g/mol. The summed E-state index contributed by atoms with van der Waals surface area (Å²) in [4.78, 5) is 25.0. The van der Waals surface area contributed by atoms with Gasteiger partial charge in [0.25, 0.3) is 0 Å². The van der Waals surface area contributed by atoms with Crippen LogP contribution < -0.4 is 5.43 Å². The molecule has 0 spiro atoms. The van der Waals surface area contributed by atoms with E-state index in [0.29, 0.717) is 18.1 Å². The second-order valence-electron chi connectivity index (χ2n) is 4.60. The SMILES string of the molecule is O=C(N/N=C\c1ccc(Cl)cc1)C(=O)N1CCCCC1. The molecule has 0 radical (unpaired) electrons. The van der Waals surface area contributed by atoms with Crippen molar-refractivity contribution in [3.05, 3.63) is 34.9 Å². The number of hydrazone groups is 1. The topological polar surface area (TPSA) is 61.8 Å². The summed E-state index contributed by atoms with van der Waals surface area (Å²) in [5, 5.41) is 4.40. The first kappa shape index (κ1) is 14.5. The van der Waals surface area contributed by atoms with Crippen LogP contribution in [0.3, 0.4) is 0 Å². The highest BCUT2D eigenvalue weighted by Crippen LogP contribution is 2.09. The summed E-state index contributed by atoms with van der Waals surface area (Å²) in [6, 6.07) is 6.99. The van der Waals surface area contributed by atoms with Crippen LogP contribution in [0.1, 0.15) is 24.8 Å². The van der Waals surface area contributed by atoms with Gasteiger partial charge in [-0.1, -0.05) is 23.7 Å². The summed E-state index contributed by atoms with van der Waals surface area (Å²) in [5.74, 6) is -1.21. The number of halogens is 1. The van der Waals surface area contributed by atoms with Crippen LogP contribution in [0.5, 0.6) is 0 Å². The summed E-state index contributed by atoms with van der Waals surface area (Å²) in [6.07, 6.45) is 4.48. The lowest BCUT2D eigenvalue weighted by Gasteiger charge is -2.25. The average molecular weight is 294 g/mol. The van der Waals surface area contributed by atoms with Gasteiger partial charge in [-0.15, -0.1) is 0 Å². The lowest BCUT2D eigenvalue weighted by molar-refractivity contribution is -0.146. The van der Waals surface area contributed by atoms with Gasteiger partial charge >= 0.3 is 11.8 Å². The van der Waals surface area contributed by atoms with Gasteiger partial charge in [-0.3, -0.25) is 9.59 Å². The molecule has 1 aromatic carbocycles. The molecule has 0 bridgehead atoms. The molecule has 106 valence electrons. The molecule has 0 aliphatic carbocycles. The predicted molar refractivity (Wildman–Crippen MR) is 77.6 cm³/mol. The maximum atomic E-state index is 11.8. The summed E-state index contributed by atoms with van der Waals surface area (Å²) in [7, 11) is 0. The second-order valence-corrected chi connectivity index (χ2v) is 5.04. The highest BCUT2D eigenvalue weighted by molar-refractivity contribution is 6.35. The molecule has 0 unspecified atom stereocenters. The maximum Gasteiger partial charge on any atom is 0.329 e. The van der Waals surface area contributed by atoms with Crippen LogP contribution in [0.4, 0.5) is 0 Å². The summed E-state index contributed by atoms with van der Waals surface area (Å²) < 4.78 is 0. The number of piperidine rings is 1. The number of carbonyl (C=O) groups excluding carboxylic acids is 2. The highest BCUT2D eigenvalue weighted by atomic mass is 35.5. The van der Waals surface area contributed by atoms with E-state index >= 15 is 0 Å². The number of hydrogen-bond donors (Lipinski definition) is 1. The minimum absolute atomic E-state index is 0.516. The van der Waals surface area contributed by atoms with Crippen molar-refractivity contribution in [2.45, 2.75) is 19.3 Å². The molecule has 0 saturated carbocycles. The smallest absolute Gasteiger partial charge is 0.329 e. The number of nitrogens with one attached hydrogen (secondary N) is 1. The van der Waals surface area contributed by atoms with Crippen molar-refractivity contribution in [2.75, 3.05) is 13.1 Å². The van der Waals surface area contributed by atoms with E-state index in [9.17, 15) is 9.59 Å². The van der Waals surface area contributed by atoms with E-state index in [4.69, 9.17) is 11.6 Å². The number of likely N-dealkylation sites (tertiary alicyclic amines) is 1. The zero-order valence-corrected chi connectivity index (χ0v) is 11.8. The van der Waals surface area contributed by atoms with Crippen molar-refractivity contribution < 1.29 is 9.59 Å². The molecule has 1 heterocycles. The number of rotatable bonds is 2. The third-order valence-corrected chi connectivity index (χ3v) is 3.34. The summed E-state index contributed by atoms with van der Waals surface area (Å²) >= 11 is 5.76. The quantitative estimate of drug-likeness (QED) is 0.513. The van der Waals surface area contributed by atoms with Gasteiger partial charge in [-0.25, -0.2) is 5.43 Å². The van der Waals surface area contributed by atoms with Crippen molar-refractivity contribution in [2.24, 2.45) is 5.10 Å². The average Bonchev–Trinajstić information content (AvgIpc) is 2.49. The molecule has 1 aliphatic rings. The Morgan fingerprint density at radius 3 is 2.45 bits per heavy atom. The largest absolute Gasteiger partial charge is 0.334 e. The first-order valence-corrected chi connectivity index (χ1v) is 6.92. The minimum atomic E-state index is -0.697. The van der Waals surface area contributed by atoms with Crippen molar-refractivity contribution in [3.63, 3.8) is 0 Å². The molecule has 0 atom stereocenters. The van der Waals surface area contributed by atoms with Gasteiger partial charge in [0.1, 0.15) is 0 Å². The first-order chi connectivity index (χ1) is 9.66. The van der Waals surface area contributed by atoms with E-state index in [1.54, 1.807) is 29.2 Å². The van der Waals surface area contributed by atoms with Crippen LogP contribution in [0.2, 0.25) is 5.02 Å². The molecule has 1 aromatic rings. The highest BCUT2D eigenvalue weighted by Gasteiger charge is 2.22.